The summed E-state index contributed by atoms with van der Waals surface area (Å²) < 4.78 is 1.87. The van der Waals surface area contributed by atoms with Gasteiger partial charge in [-0.3, -0.25) is 0 Å². The molecule has 0 fully saturated rings. The van der Waals surface area contributed by atoms with Crippen LogP contribution in [0, 0.1) is 6.92 Å². The van der Waals surface area contributed by atoms with E-state index in [0.29, 0.717) is 6.54 Å². The number of hydrogen-bond donors (Lipinski definition) is 1. The smallest absolute Gasteiger partial charge is 0.153 e. The van der Waals surface area contributed by atoms with E-state index < -0.39 is 0 Å². The van der Waals surface area contributed by atoms with Crippen LogP contribution in [0.2, 0.25) is 0 Å². The molecule has 0 aromatic carbocycles. The zero-order valence-electron chi connectivity index (χ0n) is 9.64. The second-order valence-corrected chi connectivity index (χ2v) is 3.78. The molecular weight excluding hydrogens is 200 g/mol. The van der Waals surface area contributed by atoms with Crippen molar-refractivity contribution in [3.63, 3.8) is 0 Å². The Kier molecular flexibility index (Phi) is 3.01. The van der Waals surface area contributed by atoms with Crippen molar-refractivity contribution in [1.29, 1.82) is 0 Å². The number of nitrogens with zero attached hydrogens (tertiary/aromatic N) is 3. The minimum Gasteiger partial charge on any atom is -0.326 e. The van der Waals surface area contributed by atoms with Crippen LogP contribution in [0.1, 0.15) is 23.7 Å². The van der Waals surface area contributed by atoms with Gasteiger partial charge in [-0.1, -0.05) is 6.92 Å². The van der Waals surface area contributed by atoms with E-state index in [9.17, 15) is 0 Å². The standard InChI is InChI=1S/C12H16N4/c1-3-11-10(7-13)8-15-16(11)12-6-9(2)4-5-14-12/h4-6,8H,3,7,13H2,1-2H3. The van der Waals surface area contributed by atoms with E-state index in [4.69, 9.17) is 5.73 Å². The zero-order chi connectivity index (χ0) is 11.5. The van der Waals surface area contributed by atoms with Gasteiger partial charge in [-0.2, -0.15) is 5.10 Å². The molecule has 0 atom stereocenters. The van der Waals surface area contributed by atoms with Crippen LogP contribution >= 0.6 is 0 Å². The van der Waals surface area contributed by atoms with E-state index in [1.54, 1.807) is 6.20 Å². The first-order chi connectivity index (χ1) is 7.76. The Labute approximate surface area is 95.1 Å². The summed E-state index contributed by atoms with van der Waals surface area (Å²) in [6.45, 7) is 4.67. The van der Waals surface area contributed by atoms with E-state index >= 15 is 0 Å². The van der Waals surface area contributed by atoms with Gasteiger partial charge in [0.15, 0.2) is 5.82 Å². The van der Waals surface area contributed by atoms with Crippen molar-refractivity contribution < 1.29 is 0 Å². The highest BCUT2D eigenvalue weighted by Gasteiger charge is 2.09. The highest BCUT2D eigenvalue weighted by Crippen LogP contribution is 2.14. The van der Waals surface area contributed by atoms with Gasteiger partial charge in [0.05, 0.1) is 11.9 Å². The van der Waals surface area contributed by atoms with E-state index in [0.717, 1.165) is 23.5 Å². The molecule has 16 heavy (non-hydrogen) atoms. The van der Waals surface area contributed by atoms with Gasteiger partial charge in [0.1, 0.15) is 0 Å². The predicted molar refractivity (Wildman–Crippen MR) is 63.4 cm³/mol. The maximum absolute atomic E-state index is 5.67. The van der Waals surface area contributed by atoms with E-state index in [1.165, 1.54) is 5.56 Å². The lowest BCUT2D eigenvalue weighted by atomic mass is 10.2. The van der Waals surface area contributed by atoms with Crippen LogP contribution in [0.3, 0.4) is 0 Å². The molecule has 2 N–H and O–H groups in total. The second kappa shape index (κ2) is 4.45. The summed E-state index contributed by atoms with van der Waals surface area (Å²) in [6, 6.07) is 3.99. The maximum atomic E-state index is 5.67. The number of rotatable bonds is 3. The van der Waals surface area contributed by atoms with Gasteiger partial charge in [0, 0.05) is 18.3 Å². The average Bonchev–Trinajstić information content (AvgIpc) is 2.71. The molecule has 0 aliphatic heterocycles. The Bertz CT molecular complexity index is 488. The molecule has 84 valence electrons. The third kappa shape index (κ3) is 1.84. The minimum absolute atomic E-state index is 0.523. The molecule has 0 unspecified atom stereocenters. The van der Waals surface area contributed by atoms with Crippen LogP contribution in [0.4, 0.5) is 0 Å². The van der Waals surface area contributed by atoms with Crippen molar-refractivity contribution in [3.8, 4) is 5.82 Å². The largest absolute Gasteiger partial charge is 0.326 e. The van der Waals surface area contributed by atoms with Crippen molar-refractivity contribution in [1.82, 2.24) is 14.8 Å². The van der Waals surface area contributed by atoms with Gasteiger partial charge >= 0.3 is 0 Å². The van der Waals surface area contributed by atoms with Crippen molar-refractivity contribution >= 4 is 0 Å². The van der Waals surface area contributed by atoms with Crippen LogP contribution in [0.5, 0.6) is 0 Å². The summed E-state index contributed by atoms with van der Waals surface area (Å²) in [7, 11) is 0. The molecule has 0 saturated carbocycles. The normalized spacial score (nSPS) is 10.7. The molecule has 2 aromatic rings. The van der Waals surface area contributed by atoms with Crippen LogP contribution in [0.15, 0.2) is 24.5 Å². The molecule has 2 heterocycles. The van der Waals surface area contributed by atoms with Crippen molar-refractivity contribution in [2.75, 3.05) is 0 Å². The number of pyridine rings is 1. The van der Waals surface area contributed by atoms with E-state index in [2.05, 4.69) is 17.0 Å². The lowest BCUT2D eigenvalue weighted by Crippen LogP contribution is -2.06. The fraction of sp³-hybridized carbons (Fsp3) is 0.333. The number of nitrogens with two attached hydrogens (primary N) is 1. The summed E-state index contributed by atoms with van der Waals surface area (Å²) in [4.78, 5) is 4.33. The molecule has 2 aromatic heterocycles. The molecule has 0 bridgehead atoms. The van der Waals surface area contributed by atoms with Gasteiger partial charge in [0.25, 0.3) is 0 Å². The first-order valence-electron chi connectivity index (χ1n) is 5.45. The monoisotopic (exact) mass is 216 g/mol. The van der Waals surface area contributed by atoms with Gasteiger partial charge in [0.2, 0.25) is 0 Å². The van der Waals surface area contributed by atoms with Crippen LogP contribution in [0.25, 0.3) is 5.82 Å². The molecule has 2 rings (SSSR count). The first-order valence-corrected chi connectivity index (χ1v) is 5.45. The Morgan fingerprint density at radius 2 is 2.25 bits per heavy atom. The minimum atomic E-state index is 0.523. The third-order valence-electron chi connectivity index (χ3n) is 2.63. The van der Waals surface area contributed by atoms with Crippen LogP contribution < -0.4 is 5.73 Å². The van der Waals surface area contributed by atoms with E-state index in [1.807, 2.05) is 29.9 Å². The highest BCUT2D eigenvalue weighted by atomic mass is 15.3. The third-order valence-corrected chi connectivity index (χ3v) is 2.63. The summed E-state index contributed by atoms with van der Waals surface area (Å²) in [5.41, 5.74) is 9.08. The SMILES string of the molecule is CCc1c(CN)cnn1-c1cc(C)ccn1. The zero-order valence-corrected chi connectivity index (χ0v) is 9.64. The molecule has 0 amide bonds. The first kappa shape index (κ1) is 10.8. The van der Waals surface area contributed by atoms with Crippen LogP contribution in [-0.2, 0) is 13.0 Å². The molecule has 4 heteroatoms. The van der Waals surface area contributed by atoms with Crippen LogP contribution in [-0.4, -0.2) is 14.8 Å². The Morgan fingerprint density at radius 1 is 1.44 bits per heavy atom. The number of aryl methyl sites for hydroxylation is 1. The lowest BCUT2D eigenvalue weighted by Gasteiger charge is -2.06. The Morgan fingerprint density at radius 3 is 2.88 bits per heavy atom. The Balaban J connectivity index is 2.51. The fourth-order valence-electron chi connectivity index (χ4n) is 1.79. The topological polar surface area (TPSA) is 56.7 Å². The summed E-state index contributed by atoms with van der Waals surface area (Å²) in [5.74, 6) is 0.858. The molecule has 0 radical (unpaired) electrons. The molecule has 4 nitrogen and oxygen atoms in total. The molecule has 0 spiro atoms. The molecule has 0 aliphatic rings. The van der Waals surface area contributed by atoms with Gasteiger partial charge in [-0.25, -0.2) is 9.67 Å². The second-order valence-electron chi connectivity index (χ2n) is 3.78. The lowest BCUT2D eigenvalue weighted by molar-refractivity contribution is 0.783. The summed E-state index contributed by atoms with van der Waals surface area (Å²) in [6.07, 6.45) is 4.53. The summed E-state index contributed by atoms with van der Waals surface area (Å²) >= 11 is 0. The van der Waals surface area contributed by atoms with Crippen molar-refractivity contribution in [2.24, 2.45) is 5.73 Å². The van der Waals surface area contributed by atoms with Gasteiger partial charge in [-0.05, 0) is 31.0 Å². The van der Waals surface area contributed by atoms with Crippen molar-refractivity contribution in [3.05, 3.63) is 41.3 Å². The number of hydrogen-bond acceptors (Lipinski definition) is 3. The number of aromatic nitrogens is 3. The predicted octanol–water partition coefficient (Wildman–Crippen LogP) is 1.60. The Hall–Kier alpha value is -1.68. The van der Waals surface area contributed by atoms with E-state index in [-0.39, 0.29) is 0 Å². The average molecular weight is 216 g/mol. The van der Waals surface area contributed by atoms with Crippen molar-refractivity contribution in [2.45, 2.75) is 26.8 Å². The maximum Gasteiger partial charge on any atom is 0.153 e. The van der Waals surface area contributed by atoms with Gasteiger partial charge < -0.3 is 5.73 Å². The summed E-state index contributed by atoms with van der Waals surface area (Å²) in [5, 5.41) is 4.34. The quantitative estimate of drug-likeness (QED) is 0.847. The molecule has 0 saturated heterocycles. The van der Waals surface area contributed by atoms with Gasteiger partial charge in [-0.15, -0.1) is 0 Å². The molecule has 0 aliphatic carbocycles. The fourth-order valence-corrected chi connectivity index (χ4v) is 1.79. The molecular formula is C12H16N4. The highest BCUT2D eigenvalue weighted by molar-refractivity contribution is 5.31.